The Morgan fingerprint density at radius 3 is 2.50 bits per heavy atom. The highest BCUT2D eigenvalue weighted by Crippen LogP contribution is 2.04. The molecule has 1 saturated heterocycles. The van der Waals surface area contributed by atoms with Crippen molar-refractivity contribution in [3.8, 4) is 0 Å². The average molecular weight is 209 g/mol. The van der Waals surface area contributed by atoms with E-state index in [1.165, 1.54) is 10.6 Å². The smallest absolute Gasteiger partial charge is 0.157 e. The average Bonchev–Trinajstić information content (AvgIpc) is 2.43. The highest BCUT2D eigenvalue weighted by Gasteiger charge is 2.32. The first kappa shape index (κ1) is 9.98. The summed E-state index contributed by atoms with van der Waals surface area (Å²) in [5.41, 5.74) is 4.50. The van der Waals surface area contributed by atoms with Gasteiger partial charge in [0.2, 0.25) is 0 Å². The summed E-state index contributed by atoms with van der Waals surface area (Å²) in [6.45, 7) is 2.17. The Morgan fingerprint density at radius 2 is 2.00 bits per heavy atom. The number of hydrazine groups is 1. The first-order valence-corrected chi connectivity index (χ1v) is 5.24. The van der Waals surface area contributed by atoms with Crippen LogP contribution in [0.25, 0.3) is 0 Å². The van der Waals surface area contributed by atoms with Gasteiger partial charge in [-0.1, -0.05) is 18.2 Å². The van der Waals surface area contributed by atoms with Crippen LogP contribution in [0.15, 0.2) is 30.3 Å². The number of para-hydroxylation sites is 1. The van der Waals surface area contributed by atoms with Crippen molar-refractivity contribution in [2.45, 2.75) is 18.6 Å². The molecule has 3 unspecified atom stereocenters. The molecule has 14 heavy (non-hydrogen) atoms. The zero-order valence-corrected chi connectivity index (χ0v) is 9.21. The van der Waals surface area contributed by atoms with Gasteiger partial charge in [-0.2, -0.15) is 5.01 Å². The van der Waals surface area contributed by atoms with Crippen molar-refractivity contribution in [2.24, 2.45) is 0 Å². The topological polar surface area (TPSA) is 19.7 Å². The molecule has 2 rings (SSSR count). The second-order valence-electron chi connectivity index (χ2n) is 3.62. The third kappa shape index (κ3) is 1.66. The molecule has 1 heterocycles. The molecule has 76 valence electrons. The molecule has 0 aliphatic carbocycles. The number of rotatable bonds is 1. The SMILES string of the molecule is CC1N(C)NC([S-])[NH+]1c1ccccc1. The van der Waals surface area contributed by atoms with Gasteiger partial charge in [0.05, 0.1) is 0 Å². The molecule has 3 atom stereocenters. The van der Waals surface area contributed by atoms with Gasteiger partial charge in [-0.3, -0.25) is 4.90 Å². The molecule has 1 aliphatic rings. The van der Waals surface area contributed by atoms with Gasteiger partial charge in [-0.15, -0.1) is 0 Å². The number of quaternary nitrogens is 1. The van der Waals surface area contributed by atoms with E-state index in [-0.39, 0.29) is 5.50 Å². The van der Waals surface area contributed by atoms with E-state index in [2.05, 4.69) is 41.6 Å². The predicted octanol–water partition coefficient (Wildman–Crippen LogP) is -0.170. The Hall–Kier alpha value is -0.550. The largest absolute Gasteiger partial charge is 0.709 e. The molecular weight excluding hydrogens is 194 g/mol. The Bertz CT molecular complexity index is 303. The van der Waals surface area contributed by atoms with E-state index in [0.717, 1.165) is 0 Å². The molecule has 0 saturated carbocycles. The van der Waals surface area contributed by atoms with Crippen molar-refractivity contribution in [3.05, 3.63) is 30.3 Å². The molecule has 0 aromatic heterocycles. The number of nitrogens with one attached hydrogen (secondary N) is 2. The van der Waals surface area contributed by atoms with Crippen molar-refractivity contribution in [3.63, 3.8) is 0 Å². The van der Waals surface area contributed by atoms with Gasteiger partial charge in [0, 0.05) is 19.5 Å². The number of benzene rings is 1. The summed E-state index contributed by atoms with van der Waals surface area (Å²) < 4.78 is 0. The summed E-state index contributed by atoms with van der Waals surface area (Å²) in [6.07, 6.45) is 0.375. The van der Waals surface area contributed by atoms with E-state index in [9.17, 15) is 0 Å². The van der Waals surface area contributed by atoms with Crippen molar-refractivity contribution in [2.75, 3.05) is 7.05 Å². The molecule has 3 nitrogen and oxygen atoms in total. The minimum atomic E-state index is 0.0254. The van der Waals surface area contributed by atoms with Crippen LogP contribution in [0.1, 0.15) is 6.92 Å². The number of nitrogens with zero attached hydrogens (tertiary/aromatic N) is 1. The second-order valence-corrected chi connectivity index (χ2v) is 4.09. The van der Waals surface area contributed by atoms with Crippen LogP contribution in [-0.4, -0.2) is 23.7 Å². The summed E-state index contributed by atoms with van der Waals surface area (Å²) in [5, 5.41) is 2.07. The molecule has 0 radical (unpaired) electrons. The van der Waals surface area contributed by atoms with Crippen LogP contribution >= 0.6 is 0 Å². The van der Waals surface area contributed by atoms with Gasteiger partial charge in [0.1, 0.15) is 5.69 Å². The van der Waals surface area contributed by atoms with Gasteiger partial charge >= 0.3 is 0 Å². The lowest BCUT2D eigenvalue weighted by molar-refractivity contribution is -0.861. The highest BCUT2D eigenvalue weighted by atomic mass is 32.1. The predicted molar refractivity (Wildman–Crippen MR) is 58.6 cm³/mol. The lowest BCUT2D eigenvalue weighted by Crippen LogP contribution is -3.13. The molecule has 1 aromatic rings. The van der Waals surface area contributed by atoms with Gasteiger partial charge < -0.3 is 12.6 Å². The van der Waals surface area contributed by atoms with Crippen LogP contribution in [0.5, 0.6) is 0 Å². The maximum absolute atomic E-state index is 5.37. The van der Waals surface area contributed by atoms with Gasteiger partial charge in [-0.05, 0) is 12.1 Å². The van der Waals surface area contributed by atoms with Crippen LogP contribution < -0.4 is 10.3 Å². The fourth-order valence-corrected chi connectivity index (χ4v) is 2.32. The standard InChI is InChI=1S/C10H15N3S/c1-8-12(2)11-10(14)13(8)9-6-4-3-5-7-9/h3-8,10-11,14H,1-2H3. The second kappa shape index (κ2) is 3.90. The zero-order chi connectivity index (χ0) is 10.1. The first-order valence-electron chi connectivity index (χ1n) is 4.77. The van der Waals surface area contributed by atoms with E-state index in [4.69, 9.17) is 12.6 Å². The zero-order valence-electron chi connectivity index (χ0n) is 8.40. The van der Waals surface area contributed by atoms with Crippen LogP contribution in [0.3, 0.4) is 0 Å². The van der Waals surface area contributed by atoms with Crippen LogP contribution in [0.2, 0.25) is 0 Å². The lowest BCUT2D eigenvalue weighted by atomic mass is 10.3. The quantitative estimate of drug-likeness (QED) is 0.627. The number of hydrogen-bond acceptors (Lipinski definition) is 3. The molecule has 0 bridgehead atoms. The minimum Gasteiger partial charge on any atom is -0.709 e. The fraction of sp³-hybridized carbons (Fsp3) is 0.400. The third-order valence-electron chi connectivity index (χ3n) is 2.74. The summed E-state index contributed by atoms with van der Waals surface area (Å²) >= 11 is 5.37. The fourth-order valence-electron chi connectivity index (χ4n) is 1.82. The van der Waals surface area contributed by atoms with Crippen molar-refractivity contribution < 1.29 is 4.90 Å². The molecule has 0 spiro atoms. The summed E-state index contributed by atoms with van der Waals surface area (Å²) in [6, 6.07) is 10.4. The summed E-state index contributed by atoms with van der Waals surface area (Å²) in [7, 11) is 2.03. The van der Waals surface area contributed by atoms with Crippen LogP contribution in [0.4, 0.5) is 5.69 Å². The van der Waals surface area contributed by atoms with Crippen molar-refractivity contribution in [1.82, 2.24) is 10.4 Å². The Kier molecular flexibility index (Phi) is 2.78. The van der Waals surface area contributed by atoms with Crippen molar-refractivity contribution in [1.29, 1.82) is 0 Å². The maximum Gasteiger partial charge on any atom is 0.157 e. The van der Waals surface area contributed by atoms with Crippen LogP contribution in [0, 0.1) is 0 Å². The monoisotopic (exact) mass is 209 g/mol. The van der Waals surface area contributed by atoms with Crippen molar-refractivity contribution >= 4 is 18.3 Å². The molecule has 1 fully saturated rings. The third-order valence-corrected chi connectivity index (χ3v) is 3.10. The molecule has 0 amide bonds. The van der Waals surface area contributed by atoms with Gasteiger partial charge in [-0.25, -0.2) is 5.43 Å². The Balaban J connectivity index is 2.26. The van der Waals surface area contributed by atoms with Crippen LogP contribution in [-0.2, 0) is 12.6 Å². The molecule has 1 aliphatic heterocycles. The molecule has 1 aromatic carbocycles. The minimum absolute atomic E-state index is 0.0254. The Labute approximate surface area is 90.1 Å². The van der Waals surface area contributed by atoms with Gasteiger partial charge in [0.15, 0.2) is 6.17 Å². The first-order chi connectivity index (χ1) is 6.70. The maximum atomic E-state index is 5.37. The normalized spacial score (nSPS) is 33.5. The molecular formula is C10H15N3S. The van der Waals surface area contributed by atoms with E-state index in [1.807, 2.05) is 13.1 Å². The molecule has 2 N–H and O–H groups in total. The van der Waals surface area contributed by atoms with E-state index >= 15 is 0 Å². The van der Waals surface area contributed by atoms with E-state index in [1.54, 1.807) is 0 Å². The number of hydrogen-bond donors (Lipinski definition) is 2. The summed E-state index contributed by atoms with van der Waals surface area (Å²) in [5.74, 6) is 0. The summed E-state index contributed by atoms with van der Waals surface area (Å²) in [4.78, 5) is 1.29. The van der Waals surface area contributed by atoms with E-state index < -0.39 is 0 Å². The Morgan fingerprint density at radius 1 is 1.36 bits per heavy atom. The van der Waals surface area contributed by atoms with E-state index in [0.29, 0.717) is 6.17 Å². The molecule has 4 heteroatoms. The van der Waals surface area contributed by atoms with Gasteiger partial charge in [0.25, 0.3) is 0 Å². The lowest BCUT2D eigenvalue weighted by Gasteiger charge is -2.26. The highest BCUT2D eigenvalue weighted by molar-refractivity contribution is 7.59.